The predicted molar refractivity (Wildman–Crippen MR) is 497 cm³/mol. The number of fused-ring (bicyclic) bond motifs is 9. The fraction of sp³-hybridized carbons (Fsp3) is 0.111. The van der Waals surface area contributed by atoms with Crippen molar-refractivity contribution in [2.75, 3.05) is 4.90 Å². The van der Waals surface area contributed by atoms with Crippen molar-refractivity contribution in [2.24, 2.45) is 0 Å². The largest absolute Gasteiger partial charge is 0.309 e. The van der Waals surface area contributed by atoms with Crippen LogP contribution in [0.15, 0.2) is 182 Å². The Balaban J connectivity index is 0.000000233. The minimum Gasteiger partial charge on any atom is -0.309 e. The molecule has 2 nitrogen and oxygen atoms in total. The highest BCUT2D eigenvalue weighted by Crippen LogP contribution is 3.39. The molecule has 11 rings (SSSR count). The second-order valence-electron chi connectivity index (χ2n) is 21.3. The van der Waals surface area contributed by atoms with Crippen LogP contribution < -0.4 is 4.90 Å². The summed E-state index contributed by atoms with van der Waals surface area (Å²) in [6.07, 6.45) is 0. The monoisotopic (exact) mass is 1710 g/mol. The Hall–Kier alpha value is 6.69. The smallest absolute Gasteiger partial charge is 0.0547 e. The van der Waals surface area contributed by atoms with Crippen LogP contribution in [0.2, 0.25) is 0 Å². The molecule has 2 aliphatic rings. The van der Waals surface area contributed by atoms with Crippen LogP contribution in [0.4, 0.5) is 17.1 Å². The molecule has 0 aliphatic heterocycles. The van der Waals surface area contributed by atoms with Crippen LogP contribution >= 0.6 is 249 Å². The molecule has 1 aromatic heterocycles. The van der Waals surface area contributed by atoms with Gasteiger partial charge in [0.2, 0.25) is 0 Å². The Morgan fingerprint density at radius 3 is 1.24 bits per heavy atom. The second kappa shape index (κ2) is 33.9. The lowest BCUT2D eigenvalue weighted by atomic mass is 9.82. The Labute approximate surface area is 573 Å². The van der Waals surface area contributed by atoms with Crippen LogP contribution in [0, 0.1) is 0 Å². The van der Waals surface area contributed by atoms with Crippen molar-refractivity contribution >= 4 is 288 Å². The third-order valence-electron chi connectivity index (χ3n) is 15.3. The summed E-state index contributed by atoms with van der Waals surface area (Å²) >= 11 is 0. The summed E-state index contributed by atoms with van der Waals surface area (Å²) < 4.78 is 2.41. The van der Waals surface area contributed by atoms with Crippen LogP contribution in [0.3, 0.4) is 0 Å². The molecule has 2 aliphatic carbocycles. The van der Waals surface area contributed by atoms with E-state index in [0.717, 1.165) is 19.3 Å². The normalized spacial score (nSPS) is 15.3. The van der Waals surface area contributed by atoms with Gasteiger partial charge in [0.1, 0.15) is 0 Å². The van der Waals surface area contributed by atoms with Gasteiger partial charge in [-0.05, 0) is 191 Å². The molecule has 0 spiro atoms. The van der Waals surface area contributed by atoms with E-state index < -0.39 is 0 Å². The number of hydrogen-bond donors (Lipinski definition) is 0. The molecule has 20 unspecified atom stereocenters. The van der Waals surface area contributed by atoms with Gasteiger partial charge in [0, 0.05) is 44.1 Å². The first-order valence-electron chi connectivity index (χ1n) is 26.8. The summed E-state index contributed by atoms with van der Waals surface area (Å²) in [6.45, 7) is 9.38. The third-order valence-corrected chi connectivity index (χ3v) is 221. The number of anilines is 3. The molecule has 0 saturated carbocycles. The molecule has 9 aromatic rings. The summed E-state index contributed by atoms with van der Waals surface area (Å²) in [5, 5.41) is 2.52. The number of rotatable bonds is 19. The standard InChI is InChI=1S/C54H42N2.H33P31/c1-53(2)43-24-11-8-22-41(43)51-45(53)26-15-29-48(51)56(49-30-16-27-46-52(49)42-23-9-12-25-44(42)54(46,3)4)38-20-14-17-35(33-38)36-31-32-40-39-21-10-13-28-47(39)55(50(40)34-36)37-18-6-5-7-19-37;1-17-25(16)29(24(14)15)31(28(22(10)11)23(12)13)30(26(18(2)3)19(4)5)27(20(6)7)21(8)9/h5-34H,1-4H3;17H,1-16H2. The van der Waals surface area contributed by atoms with Crippen molar-refractivity contribution in [1.29, 1.82) is 0 Å². The molecular formula is C54H75N2P31. The molecular weight excluding hydrogens is 1640 g/mol. The highest BCUT2D eigenvalue weighted by atomic mass is 33.5. The van der Waals surface area contributed by atoms with Gasteiger partial charge in [-0.25, -0.2) is 0 Å². The highest BCUT2D eigenvalue weighted by Gasteiger charge is 2.51. The van der Waals surface area contributed by atoms with Gasteiger partial charge >= 0.3 is 0 Å². The zero-order chi connectivity index (χ0) is 62.6. The SMILES string of the molecule is CC1(C)c2ccccc2-c2c(N(c3cccc(-c4ccc5c6ccccc6n(-c6ccccc6)c5c4)c3)c3cccc4c3-c3ccccc3C4(C)C)cccc21.PPP(P)P(P(P)P)P(P(P(P)P)P(P)P)P(P(P(P)P)P(P)P)P(P(P)P)P(P)P. The first-order valence-corrected chi connectivity index (χ1v) is 82.6. The molecule has 456 valence electrons. The number of nitrogens with zero attached hydrogens (tertiary/aromatic N) is 2. The number of hydrogen-bond acceptors (Lipinski definition) is 1. The van der Waals surface area contributed by atoms with Crippen LogP contribution in [0.1, 0.15) is 49.9 Å². The van der Waals surface area contributed by atoms with Crippen molar-refractivity contribution in [3.05, 3.63) is 204 Å². The fourth-order valence-corrected chi connectivity index (χ4v) is 419. The summed E-state index contributed by atoms with van der Waals surface area (Å²) in [5.74, 6) is 0. The van der Waals surface area contributed by atoms with E-state index in [-0.39, 0.29) is 109 Å². The molecule has 0 amide bonds. The number of aromatic nitrogens is 1. The average molecular weight is 1710 g/mol. The molecule has 0 bridgehead atoms. The Morgan fingerprint density at radius 2 is 0.759 bits per heavy atom. The number of benzene rings is 8. The van der Waals surface area contributed by atoms with E-state index in [2.05, 4.69) is 362 Å². The topological polar surface area (TPSA) is 8.17 Å². The van der Waals surface area contributed by atoms with E-state index in [1.54, 1.807) is 0 Å². The van der Waals surface area contributed by atoms with Gasteiger partial charge in [-0.3, -0.25) is 0 Å². The number of para-hydroxylation sites is 2. The van der Waals surface area contributed by atoms with E-state index in [4.69, 9.17) is 0 Å². The molecule has 8 aromatic carbocycles. The minimum absolute atomic E-state index is 0.0336. The van der Waals surface area contributed by atoms with Crippen molar-refractivity contribution in [2.45, 2.75) is 38.5 Å². The fourth-order valence-electron chi connectivity index (χ4n) is 11.8. The lowest BCUT2D eigenvalue weighted by Gasteiger charge is -2.52. The molecule has 0 N–H and O–H groups in total. The molecule has 0 radical (unpaired) electrons. The first kappa shape index (κ1) is 76.3. The Kier molecular flexibility index (Phi) is 29.7. The predicted octanol–water partition coefficient (Wildman–Crippen LogP) is 32.4. The summed E-state index contributed by atoms with van der Waals surface area (Å²) in [6, 6.07) is 67.5. The van der Waals surface area contributed by atoms with Crippen LogP contribution in [-0.2, 0) is 10.8 Å². The van der Waals surface area contributed by atoms with Gasteiger partial charge in [0.05, 0.1) is 22.4 Å². The second-order valence-corrected chi connectivity index (χ2v) is 145. The third kappa shape index (κ3) is 16.2. The molecule has 0 saturated heterocycles. The van der Waals surface area contributed by atoms with Crippen LogP contribution in [0.5, 0.6) is 0 Å². The molecule has 33 heteroatoms. The van der Waals surface area contributed by atoms with Gasteiger partial charge in [-0.15, -0.1) is 143 Å². The maximum atomic E-state index is 3.39. The van der Waals surface area contributed by atoms with E-state index in [9.17, 15) is 0 Å². The molecule has 0 fully saturated rings. The molecule has 87 heavy (non-hydrogen) atoms. The maximum absolute atomic E-state index is 3.39. The minimum atomic E-state index is -0.116. The van der Waals surface area contributed by atoms with E-state index >= 15 is 0 Å². The molecule has 1 heterocycles. The Morgan fingerprint density at radius 1 is 0.356 bits per heavy atom. The van der Waals surface area contributed by atoms with E-state index in [1.807, 2.05) is 0 Å². The lowest BCUT2D eigenvalue weighted by Crippen LogP contribution is -2.17. The van der Waals surface area contributed by atoms with E-state index in [1.165, 1.54) is 88.8 Å². The van der Waals surface area contributed by atoms with Crippen molar-refractivity contribution in [3.8, 4) is 39.1 Å². The van der Waals surface area contributed by atoms with Crippen molar-refractivity contribution in [1.82, 2.24) is 4.57 Å². The highest BCUT2D eigenvalue weighted by molar-refractivity contribution is 9.44. The van der Waals surface area contributed by atoms with Crippen molar-refractivity contribution < 1.29 is 0 Å². The Bertz CT molecular complexity index is 3750. The summed E-state index contributed by atoms with van der Waals surface area (Å²) in [4.78, 5) is 2.55. The van der Waals surface area contributed by atoms with Gasteiger partial charge in [-0.1, -0.05) is 169 Å². The zero-order valence-electron chi connectivity index (χ0n) is 48.2. The van der Waals surface area contributed by atoms with Gasteiger partial charge in [0.15, 0.2) is 0 Å². The quantitative estimate of drug-likeness (QED) is 0.0733. The van der Waals surface area contributed by atoms with Gasteiger partial charge < -0.3 is 9.47 Å². The van der Waals surface area contributed by atoms with Gasteiger partial charge in [-0.2, -0.15) is 0 Å². The lowest BCUT2D eigenvalue weighted by molar-refractivity contribution is 0.660. The van der Waals surface area contributed by atoms with Crippen LogP contribution in [-0.4, -0.2) is 4.57 Å². The van der Waals surface area contributed by atoms with Gasteiger partial charge in [0.25, 0.3) is 0 Å². The first-order chi connectivity index (χ1) is 41.4. The molecule has 20 atom stereocenters. The zero-order valence-corrected chi connectivity index (χ0v) is 80.2. The van der Waals surface area contributed by atoms with E-state index in [0.29, 0.717) is 0 Å². The van der Waals surface area contributed by atoms with Crippen LogP contribution in [0.25, 0.3) is 60.9 Å². The summed E-state index contributed by atoms with van der Waals surface area (Å²) in [5.41, 5.74) is 20.0. The average Bonchev–Trinajstić information content (AvgIpc) is 1.63. The maximum Gasteiger partial charge on any atom is 0.0547 e. The van der Waals surface area contributed by atoms with Crippen molar-refractivity contribution in [3.63, 3.8) is 0 Å². The summed E-state index contributed by atoms with van der Waals surface area (Å²) in [7, 11) is 53.9.